The Labute approximate surface area is 179 Å². The summed E-state index contributed by atoms with van der Waals surface area (Å²) in [6.07, 6.45) is 0. The van der Waals surface area contributed by atoms with Gasteiger partial charge in [-0.05, 0) is 66.8 Å². The minimum Gasteiger partial charge on any atom is -0.497 e. The maximum Gasteiger partial charge on any atom is 0.261 e. The normalized spacial score (nSPS) is 10.8. The first-order chi connectivity index (χ1) is 13.9. The van der Waals surface area contributed by atoms with Gasteiger partial charge in [0.15, 0.2) is 5.11 Å². The number of sulfonamides is 1. The van der Waals surface area contributed by atoms with Crippen molar-refractivity contribution in [2.75, 3.05) is 22.5 Å². The molecule has 0 spiro atoms. The number of anilines is 3. The van der Waals surface area contributed by atoms with Crippen molar-refractivity contribution in [1.29, 1.82) is 0 Å². The van der Waals surface area contributed by atoms with Gasteiger partial charge in [-0.15, -0.1) is 0 Å². The van der Waals surface area contributed by atoms with Crippen LogP contribution in [-0.4, -0.2) is 20.6 Å². The van der Waals surface area contributed by atoms with E-state index in [1.807, 2.05) is 24.3 Å². The van der Waals surface area contributed by atoms with Gasteiger partial charge in [0.1, 0.15) is 5.75 Å². The lowest BCUT2D eigenvalue weighted by Gasteiger charge is -2.12. The van der Waals surface area contributed by atoms with Crippen LogP contribution in [0.15, 0.2) is 77.7 Å². The molecule has 6 nitrogen and oxygen atoms in total. The third-order valence-corrected chi connectivity index (χ3v) is 5.66. The molecular formula is C20H18ClN3O3S2. The van der Waals surface area contributed by atoms with Crippen LogP contribution in [0, 0.1) is 0 Å². The van der Waals surface area contributed by atoms with Crippen LogP contribution in [0.4, 0.5) is 17.1 Å². The number of hydrogen-bond acceptors (Lipinski definition) is 4. The highest BCUT2D eigenvalue weighted by molar-refractivity contribution is 7.92. The van der Waals surface area contributed by atoms with E-state index in [2.05, 4.69) is 15.4 Å². The highest BCUT2D eigenvalue weighted by Crippen LogP contribution is 2.21. The van der Waals surface area contributed by atoms with Crippen molar-refractivity contribution in [3.05, 3.63) is 77.8 Å². The second-order valence-corrected chi connectivity index (χ2v) is 8.48. The van der Waals surface area contributed by atoms with E-state index in [0.717, 1.165) is 5.69 Å². The summed E-state index contributed by atoms with van der Waals surface area (Å²) < 4.78 is 32.7. The summed E-state index contributed by atoms with van der Waals surface area (Å²) in [6, 6.07) is 20.1. The van der Waals surface area contributed by atoms with E-state index < -0.39 is 10.0 Å². The molecule has 0 saturated carbocycles. The van der Waals surface area contributed by atoms with Gasteiger partial charge >= 0.3 is 0 Å². The van der Waals surface area contributed by atoms with Gasteiger partial charge in [0, 0.05) is 22.5 Å². The van der Waals surface area contributed by atoms with E-state index >= 15 is 0 Å². The zero-order valence-corrected chi connectivity index (χ0v) is 17.7. The van der Waals surface area contributed by atoms with Crippen LogP contribution in [0.25, 0.3) is 0 Å². The summed E-state index contributed by atoms with van der Waals surface area (Å²) in [5.74, 6) is 0.708. The Balaban J connectivity index is 1.65. The molecule has 0 radical (unpaired) electrons. The van der Waals surface area contributed by atoms with Gasteiger partial charge in [0.05, 0.1) is 17.7 Å². The molecule has 3 N–H and O–H groups in total. The minimum atomic E-state index is -3.73. The topological polar surface area (TPSA) is 79.5 Å². The zero-order chi connectivity index (χ0) is 20.9. The van der Waals surface area contributed by atoms with Crippen LogP contribution in [0.1, 0.15) is 0 Å². The number of methoxy groups -OCH3 is 1. The number of rotatable bonds is 6. The highest BCUT2D eigenvalue weighted by atomic mass is 35.5. The lowest BCUT2D eigenvalue weighted by molar-refractivity contribution is 0.415. The summed E-state index contributed by atoms with van der Waals surface area (Å²) in [7, 11) is -2.14. The lowest BCUT2D eigenvalue weighted by Crippen LogP contribution is -2.19. The smallest absolute Gasteiger partial charge is 0.261 e. The number of nitrogens with one attached hydrogen (secondary N) is 3. The van der Waals surface area contributed by atoms with Crippen LogP contribution < -0.4 is 20.1 Å². The fourth-order valence-corrected chi connectivity index (χ4v) is 3.95. The van der Waals surface area contributed by atoms with E-state index in [-0.39, 0.29) is 4.90 Å². The molecule has 29 heavy (non-hydrogen) atoms. The summed E-state index contributed by atoms with van der Waals surface area (Å²) in [5, 5.41) is 6.87. The molecular weight excluding hydrogens is 430 g/mol. The van der Waals surface area contributed by atoms with Gasteiger partial charge in [-0.1, -0.05) is 23.7 Å². The van der Waals surface area contributed by atoms with E-state index in [1.165, 1.54) is 18.2 Å². The van der Waals surface area contributed by atoms with Crippen molar-refractivity contribution in [2.24, 2.45) is 0 Å². The van der Waals surface area contributed by atoms with Gasteiger partial charge in [0.25, 0.3) is 10.0 Å². The van der Waals surface area contributed by atoms with Gasteiger partial charge in [-0.2, -0.15) is 0 Å². The molecule has 150 valence electrons. The molecule has 0 aromatic heterocycles. The third-order valence-electron chi connectivity index (χ3n) is 3.83. The van der Waals surface area contributed by atoms with Crippen molar-refractivity contribution in [3.63, 3.8) is 0 Å². The summed E-state index contributed by atoms with van der Waals surface area (Å²) >= 11 is 11.2. The average Bonchev–Trinajstić information content (AvgIpc) is 2.68. The first-order valence-electron chi connectivity index (χ1n) is 8.46. The molecule has 0 bridgehead atoms. The second-order valence-electron chi connectivity index (χ2n) is 5.95. The van der Waals surface area contributed by atoms with Crippen LogP contribution in [0.5, 0.6) is 5.75 Å². The number of hydrogen-bond donors (Lipinski definition) is 3. The quantitative estimate of drug-likeness (QED) is 0.463. The summed E-state index contributed by atoms with van der Waals surface area (Å²) in [5.41, 5.74) is 1.81. The molecule has 9 heteroatoms. The largest absolute Gasteiger partial charge is 0.497 e. The van der Waals surface area contributed by atoms with Gasteiger partial charge < -0.3 is 15.4 Å². The van der Waals surface area contributed by atoms with Crippen LogP contribution in [-0.2, 0) is 10.0 Å². The molecule has 3 aromatic carbocycles. The van der Waals surface area contributed by atoms with Crippen molar-refractivity contribution < 1.29 is 13.2 Å². The Morgan fingerprint density at radius 2 is 1.55 bits per heavy atom. The maximum atomic E-state index is 12.5. The van der Waals surface area contributed by atoms with Gasteiger partial charge in [0.2, 0.25) is 0 Å². The first-order valence-corrected chi connectivity index (χ1v) is 10.7. The predicted octanol–water partition coefficient (Wildman–Crippen LogP) is 4.96. The van der Waals surface area contributed by atoms with E-state index in [1.54, 1.807) is 37.4 Å². The van der Waals surface area contributed by atoms with Crippen molar-refractivity contribution >= 4 is 56.0 Å². The highest BCUT2D eigenvalue weighted by Gasteiger charge is 2.14. The van der Waals surface area contributed by atoms with Crippen molar-refractivity contribution in [2.45, 2.75) is 4.90 Å². The molecule has 0 heterocycles. The Kier molecular flexibility index (Phi) is 6.58. The third kappa shape index (κ3) is 5.83. The van der Waals surface area contributed by atoms with Crippen LogP contribution in [0.3, 0.4) is 0 Å². The molecule has 0 amide bonds. The second kappa shape index (κ2) is 9.13. The molecule has 0 saturated heterocycles. The van der Waals surface area contributed by atoms with E-state index in [9.17, 15) is 8.42 Å². The van der Waals surface area contributed by atoms with Gasteiger partial charge in [-0.25, -0.2) is 8.42 Å². The van der Waals surface area contributed by atoms with Crippen LogP contribution >= 0.6 is 23.8 Å². The minimum absolute atomic E-state index is 0.120. The Hall–Kier alpha value is -2.81. The Bertz CT molecular complexity index is 1120. The number of benzene rings is 3. The Morgan fingerprint density at radius 1 is 0.897 bits per heavy atom. The molecule has 0 fully saturated rings. The molecule has 3 rings (SSSR count). The van der Waals surface area contributed by atoms with Crippen molar-refractivity contribution in [3.8, 4) is 5.75 Å². The lowest BCUT2D eigenvalue weighted by atomic mass is 10.3. The fourth-order valence-electron chi connectivity index (χ4n) is 2.48. The molecule has 0 unspecified atom stereocenters. The molecule has 3 aromatic rings. The SMILES string of the molecule is COc1cccc(NC(=S)Nc2ccc(S(=O)(=O)Nc3cccc(Cl)c3)cc2)c1. The molecule has 0 atom stereocenters. The number of halogens is 1. The zero-order valence-electron chi connectivity index (χ0n) is 15.3. The maximum absolute atomic E-state index is 12.5. The fraction of sp³-hybridized carbons (Fsp3) is 0.0500. The monoisotopic (exact) mass is 447 g/mol. The molecule has 0 aliphatic rings. The van der Waals surface area contributed by atoms with Gasteiger partial charge in [-0.3, -0.25) is 4.72 Å². The Morgan fingerprint density at radius 3 is 2.24 bits per heavy atom. The van der Waals surface area contributed by atoms with E-state index in [0.29, 0.717) is 27.3 Å². The first kappa shape index (κ1) is 20.9. The number of ether oxygens (including phenoxy) is 1. The molecule has 0 aliphatic heterocycles. The van der Waals surface area contributed by atoms with Crippen LogP contribution in [0.2, 0.25) is 5.02 Å². The van der Waals surface area contributed by atoms with E-state index in [4.69, 9.17) is 28.6 Å². The summed E-state index contributed by atoms with van der Waals surface area (Å²) in [6.45, 7) is 0. The number of thiocarbonyl (C=S) groups is 1. The summed E-state index contributed by atoms with van der Waals surface area (Å²) in [4.78, 5) is 0.120. The average molecular weight is 448 g/mol. The molecule has 0 aliphatic carbocycles. The van der Waals surface area contributed by atoms with Crippen molar-refractivity contribution in [1.82, 2.24) is 0 Å². The standard InChI is InChI=1S/C20H18ClN3O3S2/c1-27-18-7-3-5-16(13-18)23-20(28)22-15-8-10-19(11-9-15)29(25,26)24-17-6-2-4-14(21)12-17/h2-13,24H,1H3,(H2,22,23,28). The predicted molar refractivity (Wildman–Crippen MR) is 122 cm³/mol.